The molecule has 10 heteroatoms. The van der Waals surface area contributed by atoms with E-state index < -0.39 is 22.5 Å². The molecule has 0 radical (unpaired) electrons. The number of hydrogen-bond donors (Lipinski definition) is 2. The van der Waals surface area contributed by atoms with Crippen LogP contribution in [0.3, 0.4) is 0 Å². The van der Waals surface area contributed by atoms with Crippen LogP contribution in [0.1, 0.15) is 20.7 Å². The van der Waals surface area contributed by atoms with Gasteiger partial charge >= 0.3 is 5.97 Å². The van der Waals surface area contributed by atoms with Crippen molar-refractivity contribution >= 4 is 46.5 Å². The van der Waals surface area contributed by atoms with Gasteiger partial charge in [0.25, 0.3) is 11.6 Å². The number of amides is 1. The van der Waals surface area contributed by atoms with Gasteiger partial charge in [0.05, 0.1) is 22.7 Å². The fraction of sp³-hybridized carbons (Fsp3) is 0.0667. The average Bonchev–Trinajstić information content (AvgIpc) is 2.56. The number of aromatic carboxylic acids is 1. The van der Waals surface area contributed by atoms with Crippen LogP contribution in [0.5, 0.6) is 5.75 Å². The van der Waals surface area contributed by atoms with E-state index in [2.05, 4.69) is 5.32 Å². The van der Waals surface area contributed by atoms with Gasteiger partial charge in [-0.05, 0) is 18.2 Å². The third kappa shape index (κ3) is 3.98. The van der Waals surface area contributed by atoms with Crippen LogP contribution in [0.15, 0.2) is 30.3 Å². The number of hydrogen-bond acceptors (Lipinski definition) is 5. The number of nitro groups is 1. The number of methoxy groups -OCH3 is 1. The molecule has 2 aromatic carbocycles. The number of rotatable bonds is 5. The van der Waals surface area contributed by atoms with E-state index in [1.54, 1.807) is 0 Å². The maximum atomic E-state index is 12.3. The molecule has 0 aliphatic rings. The number of nitrogens with one attached hydrogen (secondary N) is 1. The summed E-state index contributed by atoms with van der Waals surface area (Å²) >= 11 is 11.7. The fourth-order valence-electron chi connectivity index (χ4n) is 1.97. The van der Waals surface area contributed by atoms with E-state index in [-0.39, 0.29) is 32.6 Å². The zero-order valence-electron chi connectivity index (χ0n) is 12.6. The molecule has 0 bridgehead atoms. The topological polar surface area (TPSA) is 119 Å². The molecule has 8 nitrogen and oxygen atoms in total. The number of carboxylic acids is 1. The molecule has 1 amide bonds. The fourth-order valence-corrected chi connectivity index (χ4v) is 2.37. The van der Waals surface area contributed by atoms with Crippen LogP contribution in [0.4, 0.5) is 11.4 Å². The van der Waals surface area contributed by atoms with Crippen molar-refractivity contribution < 1.29 is 24.4 Å². The Morgan fingerprint density at radius 3 is 2.44 bits per heavy atom. The van der Waals surface area contributed by atoms with Gasteiger partial charge in [-0.15, -0.1) is 0 Å². The molecule has 0 saturated carbocycles. The molecule has 0 aromatic heterocycles. The van der Waals surface area contributed by atoms with Gasteiger partial charge in [-0.25, -0.2) is 4.79 Å². The molecule has 0 spiro atoms. The Kier molecular flexibility index (Phi) is 5.45. The number of carbonyl (C=O) groups excluding carboxylic acids is 1. The van der Waals surface area contributed by atoms with E-state index in [1.807, 2.05) is 0 Å². The Bertz CT molecular complexity index is 885. The molecule has 0 saturated heterocycles. The van der Waals surface area contributed by atoms with Crippen LogP contribution in [0.2, 0.25) is 10.0 Å². The second kappa shape index (κ2) is 7.37. The molecule has 2 N–H and O–H groups in total. The molecule has 130 valence electrons. The number of anilines is 1. The highest BCUT2D eigenvalue weighted by Gasteiger charge is 2.19. The highest BCUT2D eigenvalue weighted by molar-refractivity contribution is 6.34. The lowest BCUT2D eigenvalue weighted by Gasteiger charge is -2.11. The van der Waals surface area contributed by atoms with Crippen molar-refractivity contribution in [2.45, 2.75) is 0 Å². The number of carbonyl (C=O) groups is 2. The second-order valence-electron chi connectivity index (χ2n) is 4.71. The molecular formula is C15H10Cl2N2O6. The first kappa shape index (κ1) is 18.5. The van der Waals surface area contributed by atoms with Gasteiger partial charge in [-0.2, -0.15) is 0 Å². The molecule has 0 atom stereocenters. The van der Waals surface area contributed by atoms with E-state index in [0.717, 1.165) is 12.1 Å². The Morgan fingerprint density at radius 2 is 1.88 bits per heavy atom. The van der Waals surface area contributed by atoms with Crippen LogP contribution in [-0.2, 0) is 0 Å². The maximum absolute atomic E-state index is 12.3. The van der Waals surface area contributed by atoms with E-state index >= 15 is 0 Å². The number of carboxylic acid groups (broad SMARTS) is 1. The van der Waals surface area contributed by atoms with Crippen molar-refractivity contribution in [1.82, 2.24) is 0 Å². The van der Waals surface area contributed by atoms with Gasteiger partial charge in [0.15, 0.2) is 0 Å². The Hall–Kier alpha value is -2.84. The summed E-state index contributed by atoms with van der Waals surface area (Å²) in [5, 5.41) is 22.3. The van der Waals surface area contributed by atoms with Gasteiger partial charge in [0, 0.05) is 17.7 Å². The lowest BCUT2D eigenvalue weighted by atomic mass is 10.1. The number of halogens is 2. The van der Waals surface area contributed by atoms with Gasteiger partial charge in [-0.1, -0.05) is 23.2 Å². The zero-order valence-corrected chi connectivity index (χ0v) is 14.1. The normalized spacial score (nSPS) is 10.2. The van der Waals surface area contributed by atoms with E-state index in [0.29, 0.717) is 0 Å². The van der Waals surface area contributed by atoms with Crippen LogP contribution >= 0.6 is 23.2 Å². The third-order valence-corrected chi connectivity index (χ3v) is 3.81. The predicted molar refractivity (Wildman–Crippen MR) is 91.0 cm³/mol. The standard InChI is InChI=1S/C15H10Cl2N2O6/c1-25-13-6-11(10(17)5-8(13)15(21)22)18-14(20)7-2-3-9(16)12(4-7)19(23)24/h2-6H,1H3,(H,18,20)(H,21,22). The monoisotopic (exact) mass is 384 g/mol. The van der Waals surface area contributed by atoms with E-state index in [9.17, 15) is 19.7 Å². The number of nitro benzene ring substituents is 1. The molecule has 0 unspecified atom stereocenters. The first-order valence-corrected chi connectivity index (χ1v) is 7.36. The molecule has 25 heavy (non-hydrogen) atoms. The summed E-state index contributed by atoms with van der Waals surface area (Å²) in [5.41, 5.74) is -0.522. The highest BCUT2D eigenvalue weighted by Crippen LogP contribution is 2.32. The Morgan fingerprint density at radius 1 is 1.20 bits per heavy atom. The molecule has 2 rings (SSSR count). The summed E-state index contributed by atoms with van der Waals surface area (Å²) < 4.78 is 4.96. The number of nitrogens with zero attached hydrogens (tertiary/aromatic N) is 1. The van der Waals surface area contributed by atoms with Gasteiger partial charge in [0.2, 0.25) is 0 Å². The number of ether oxygens (including phenoxy) is 1. The first-order chi connectivity index (χ1) is 11.7. The van der Waals surface area contributed by atoms with Crippen molar-refractivity contribution in [3.8, 4) is 5.75 Å². The summed E-state index contributed by atoms with van der Waals surface area (Å²) in [6, 6.07) is 5.93. The quantitative estimate of drug-likeness (QED) is 0.596. The Balaban J connectivity index is 2.37. The van der Waals surface area contributed by atoms with Crippen molar-refractivity contribution in [2.75, 3.05) is 12.4 Å². The van der Waals surface area contributed by atoms with E-state index in [1.165, 1.54) is 25.3 Å². The predicted octanol–water partition coefficient (Wildman–Crippen LogP) is 3.86. The van der Waals surface area contributed by atoms with Gasteiger partial charge < -0.3 is 15.2 Å². The smallest absolute Gasteiger partial charge is 0.339 e. The summed E-state index contributed by atoms with van der Waals surface area (Å²) in [6.07, 6.45) is 0. The highest BCUT2D eigenvalue weighted by atomic mass is 35.5. The van der Waals surface area contributed by atoms with Crippen LogP contribution in [-0.4, -0.2) is 29.0 Å². The van der Waals surface area contributed by atoms with E-state index in [4.69, 9.17) is 33.0 Å². The van der Waals surface area contributed by atoms with Crippen LogP contribution < -0.4 is 10.1 Å². The Labute approximate surface area is 151 Å². The first-order valence-electron chi connectivity index (χ1n) is 6.60. The molecule has 0 aliphatic carbocycles. The minimum Gasteiger partial charge on any atom is -0.496 e. The van der Waals surface area contributed by atoms with Crippen molar-refractivity contribution in [1.29, 1.82) is 0 Å². The summed E-state index contributed by atoms with van der Waals surface area (Å²) in [7, 11) is 1.27. The van der Waals surface area contributed by atoms with Crippen LogP contribution in [0.25, 0.3) is 0 Å². The third-order valence-electron chi connectivity index (χ3n) is 3.17. The van der Waals surface area contributed by atoms with Gasteiger partial charge in [-0.3, -0.25) is 14.9 Å². The summed E-state index contributed by atoms with van der Waals surface area (Å²) in [6.45, 7) is 0. The largest absolute Gasteiger partial charge is 0.496 e. The summed E-state index contributed by atoms with van der Waals surface area (Å²) in [4.78, 5) is 33.6. The van der Waals surface area contributed by atoms with Crippen molar-refractivity contribution in [3.63, 3.8) is 0 Å². The molecule has 0 fully saturated rings. The maximum Gasteiger partial charge on any atom is 0.339 e. The van der Waals surface area contributed by atoms with Gasteiger partial charge in [0.1, 0.15) is 16.3 Å². The minimum atomic E-state index is -1.25. The lowest BCUT2D eigenvalue weighted by molar-refractivity contribution is -0.384. The molecule has 2 aromatic rings. The lowest BCUT2D eigenvalue weighted by Crippen LogP contribution is -2.13. The molecule has 0 heterocycles. The summed E-state index contributed by atoms with van der Waals surface area (Å²) in [5.74, 6) is -1.94. The molecular weight excluding hydrogens is 375 g/mol. The second-order valence-corrected chi connectivity index (χ2v) is 5.53. The average molecular weight is 385 g/mol. The zero-order chi connectivity index (χ0) is 18.7. The van der Waals surface area contributed by atoms with Crippen LogP contribution in [0, 0.1) is 10.1 Å². The number of benzene rings is 2. The SMILES string of the molecule is COc1cc(NC(=O)c2ccc(Cl)c([N+](=O)[O-])c2)c(Cl)cc1C(=O)O. The van der Waals surface area contributed by atoms with Crippen molar-refractivity contribution in [3.05, 3.63) is 61.6 Å². The molecule has 0 aliphatic heterocycles. The van der Waals surface area contributed by atoms with Crippen molar-refractivity contribution in [2.24, 2.45) is 0 Å². The minimum absolute atomic E-state index is 0.00529.